The van der Waals surface area contributed by atoms with Crippen LogP contribution < -0.4 is 4.74 Å². The van der Waals surface area contributed by atoms with Crippen LogP contribution in [-0.2, 0) is 20.1 Å². The van der Waals surface area contributed by atoms with Crippen molar-refractivity contribution in [3.8, 4) is 5.75 Å². The molecule has 2 nitrogen and oxygen atoms in total. The van der Waals surface area contributed by atoms with Gasteiger partial charge in [0.2, 0.25) is 0 Å². The van der Waals surface area contributed by atoms with E-state index < -0.39 is 0 Å². The highest BCUT2D eigenvalue weighted by molar-refractivity contribution is 5.85. The molecule has 120 valence electrons. The SMILES string of the molecule is CCCc1c(COc2ccc(C)cc2C)n(C)c2ccccc12. The lowest BCUT2D eigenvalue weighted by Crippen LogP contribution is -2.05. The first-order valence-corrected chi connectivity index (χ1v) is 8.37. The maximum atomic E-state index is 6.15. The summed E-state index contributed by atoms with van der Waals surface area (Å²) in [6, 6.07) is 15.0. The van der Waals surface area contributed by atoms with Crippen LogP contribution in [0.5, 0.6) is 5.75 Å². The van der Waals surface area contributed by atoms with E-state index in [-0.39, 0.29) is 0 Å². The number of fused-ring (bicyclic) bond motifs is 1. The molecule has 0 radical (unpaired) electrons. The van der Waals surface area contributed by atoms with E-state index in [0.717, 1.165) is 18.6 Å². The van der Waals surface area contributed by atoms with Gasteiger partial charge < -0.3 is 9.30 Å². The van der Waals surface area contributed by atoms with Crippen molar-refractivity contribution < 1.29 is 4.74 Å². The third kappa shape index (κ3) is 2.98. The Morgan fingerprint density at radius 1 is 1.04 bits per heavy atom. The third-order valence-corrected chi connectivity index (χ3v) is 4.54. The Kier molecular flexibility index (Phi) is 4.42. The Bertz CT molecular complexity index is 829. The molecule has 0 aliphatic rings. The van der Waals surface area contributed by atoms with Crippen LogP contribution in [0.2, 0.25) is 0 Å². The number of hydrogen-bond donors (Lipinski definition) is 0. The van der Waals surface area contributed by atoms with Gasteiger partial charge in [-0.3, -0.25) is 0 Å². The molecule has 0 spiro atoms. The van der Waals surface area contributed by atoms with Crippen LogP contribution in [-0.4, -0.2) is 4.57 Å². The van der Waals surface area contributed by atoms with E-state index in [4.69, 9.17) is 4.74 Å². The maximum Gasteiger partial charge on any atom is 0.129 e. The summed E-state index contributed by atoms with van der Waals surface area (Å²) in [6.07, 6.45) is 2.23. The highest BCUT2D eigenvalue weighted by Crippen LogP contribution is 2.28. The molecule has 3 aromatic rings. The summed E-state index contributed by atoms with van der Waals surface area (Å²) in [4.78, 5) is 0. The molecule has 0 aliphatic heterocycles. The zero-order chi connectivity index (χ0) is 16.4. The molecule has 2 aromatic carbocycles. The topological polar surface area (TPSA) is 14.2 Å². The normalized spacial score (nSPS) is 11.1. The molecule has 0 aliphatic carbocycles. The highest BCUT2D eigenvalue weighted by Gasteiger charge is 2.14. The van der Waals surface area contributed by atoms with Gasteiger partial charge in [0.1, 0.15) is 12.4 Å². The lowest BCUT2D eigenvalue weighted by atomic mass is 10.1. The molecule has 0 unspecified atom stereocenters. The lowest BCUT2D eigenvalue weighted by molar-refractivity contribution is 0.294. The molecule has 0 amide bonds. The first kappa shape index (κ1) is 15.7. The van der Waals surface area contributed by atoms with Gasteiger partial charge in [-0.1, -0.05) is 49.2 Å². The summed E-state index contributed by atoms with van der Waals surface area (Å²) < 4.78 is 8.44. The molecule has 0 fully saturated rings. The molecular formula is C21H25NO. The number of benzene rings is 2. The van der Waals surface area contributed by atoms with Crippen molar-refractivity contribution >= 4 is 10.9 Å². The Labute approximate surface area is 138 Å². The number of rotatable bonds is 5. The first-order chi connectivity index (χ1) is 11.1. The predicted octanol–water partition coefficient (Wildman–Crippen LogP) is 5.33. The smallest absolute Gasteiger partial charge is 0.129 e. The fourth-order valence-corrected chi connectivity index (χ4v) is 3.34. The first-order valence-electron chi connectivity index (χ1n) is 8.37. The van der Waals surface area contributed by atoms with Crippen molar-refractivity contribution in [2.75, 3.05) is 0 Å². The quantitative estimate of drug-likeness (QED) is 0.621. The van der Waals surface area contributed by atoms with E-state index in [1.165, 1.54) is 33.3 Å². The molecule has 0 N–H and O–H groups in total. The largest absolute Gasteiger partial charge is 0.487 e. The molecular weight excluding hydrogens is 282 g/mol. The van der Waals surface area contributed by atoms with Crippen molar-refractivity contribution in [1.29, 1.82) is 0 Å². The van der Waals surface area contributed by atoms with Gasteiger partial charge in [-0.2, -0.15) is 0 Å². The van der Waals surface area contributed by atoms with Gasteiger partial charge in [-0.25, -0.2) is 0 Å². The summed E-state index contributed by atoms with van der Waals surface area (Å²) in [5.74, 6) is 0.975. The molecule has 0 atom stereocenters. The van der Waals surface area contributed by atoms with Crippen molar-refractivity contribution in [2.45, 2.75) is 40.2 Å². The summed E-state index contributed by atoms with van der Waals surface area (Å²) in [7, 11) is 2.14. The van der Waals surface area contributed by atoms with Crippen molar-refractivity contribution in [3.63, 3.8) is 0 Å². The van der Waals surface area contributed by atoms with E-state index in [1.807, 2.05) is 0 Å². The molecule has 2 heteroatoms. The van der Waals surface area contributed by atoms with Crippen LogP contribution >= 0.6 is 0 Å². The van der Waals surface area contributed by atoms with Crippen LogP contribution in [0.4, 0.5) is 0 Å². The Hall–Kier alpha value is -2.22. The minimum Gasteiger partial charge on any atom is -0.487 e. The molecule has 3 rings (SSSR count). The molecule has 1 aromatic heterocycles. The van der Waals surface area contributed by atoms with Gasteiger partial charge in [0.05, 0.1) is 5.69 Å². The zero-order valence-electron chi connectivity index (χ0n) is 14.5. The van der Waals surface area contributed by atoms with Crippen LogP contribution in [0.25, 0.3) is 10.9 Å². The van der Waals surface area contributed by atoms with E-state index in [0.29, 0.717) is 6.61 Å². The van der Waals surface area contributed by atoms with Gasteiger partial charge in [0.15, 0.2) is 0 Å². The van der Waals surface area contributed by atoms with E-state index in [1.54, 1.807) is 0 Å². The van der Waals surface area contributed by atoms with Gasteiger partial charge in [0, 0.05) is 18.0 Å². The number of aryl methyl sites for hydroxylation is 4. The molecule has 0 saturated heterocycles. The van der Waals surface area contributed by atoms with E-state index >= 15 is 0 Å². The number of ether oxygens (including phenoxy) is 1. The van der Waals surface area contributed by atoms with Gasteiger partial charge >= 0.3 is 0 Å². The van der Waals surface area contributed by atoms with Crippen molar-refractivity contribution in [2.24, 2.45) is 7.05 Å². The second-order valence-corrected chi connectivity index (χ2v) is 6.31. The fraction of sp³-hybridized carbons (Fsp3) is 0.333. The molecule has 0 bridgehead atoms. The van der Waals surface area contributed by atoms with E-state index in [9.17, 15) is 0 Å². The number of hydrogen-bond acceptors (Lipinski definition) is 1. The van der Waals surface area contributed by atoms with Crippen LogP contribution in [0.1, 0.15) is 35.7 Å². The second-order valence-electron chi connectivity index (χ2n) is 6.31. The summed E-state index contributed by atoms with van der Waals surface area (Å²) >= 11 is 0. The second kappa shape index (κ2) is 6.49. The zero-order valence-corrected chi connectivity index (χ0v) is 14.5. The Morgan fingerprint density at radius 2 is 1.83 bits per heavy atom. The average Bonchev–Trinajstić information content (AvgIpc) is 2.80. The molecule has 0 saturated carbocycles. The highest BCUT2D eigenvalue weighted by atomic mass is 16.5. The predicted molar refractivity (Wildman–Crippen MR) is 97.2 cm³/mol. The maximum absolute atomic E-state index is 6.15. The molecule has 23 heavy (non-hydrogen) atoms. The van der Waals surface area contributed by atoms with Gasteiger partial charge in [-0.15, -0.1) is 0 Å². The molecule has 1 heterocycles. The fourth-order valence-electron chi connectivity index (χ4n) is 3.34. The summed E-state index contributed by atoms with van der Waals surface area (Å²) in [5, 5.41) is 1.36. The minimum atomic E-state index is 0.615. The number of aromatic nitrogens is 1. The van der Waals surface area contributed by atoms with Crippen molar-refractivity contribution in [3.05, 3.63) is 64.8 Å². The summed E-state index contributed by atoms with van der Waals surface area (Å²) in [6.45, 7) is 7.07. The summed E-state index contributed by atoms with van der Waals surface area (Å²) in [5.41, 5.74) is 6.46. The Morgan fingerprint density at radius 3 is 2.57 bits per heavy atom. The van der Waals surface area contributed by atoms with Gasteiger partial charge in [0.25, 0.3) is 0 Å². The van der Waals surface area contributed by atoms with Crippen LogP contribution in [0.15, 0.2) is 42.5 Å². The standard InChI is InChI=1S/C21H25NO/c1-5-8-17-18-9-6-7-10-19(18)22(4)20(17)14-23-21-12-11-15(2)13-16(21)3/h6-7,9-13H,5,8,14H2,1-4H3. The van der Waals surface area contributed by atoms with Crippen LogP contribution in [0, 0.1) is 13.8 Å². The monoisotopic (exact) mass is 307 g/mol. The third-order valence-electron chi connectivity index (χ3n) is 4.54. The van der Waals surface area contributed by atoms with Gasteiger partial charge in [-0.05, 0) is 43.5 Å². The van der Waals surface area contributed by atoms with Crippen LogP contribution in [0.3, 0.4) is 0 Å². The number of nitrogens with zero attached hydrogens (tertiary/aromatic N) is 1. The van der Waals surface area contributed by atoms with E-state index in [2.05, 4.69) is 74.9 Å². The minimum absolute atomic E-state index is 0.615. The lowest BCUT2D eigenvalue weighted by Gasteiger charge is -2.12. The van der Waals surface area contributed by atoms with Crippen molar-refractivity contribution in [1.82, 2.24) is 4.57 Å². The average molecular weight is 307 g/mol. The number of para-hydroxylation sites is 1. The Balaban J connectivity index is 1.95.